The van der Waals surface area contributed by atoms with Crippen molar-refractivity contribution in [1.82, 2.24) is 0 Å². The smallest absolute Gasteiger partial charge is 0.167 e. The minimum atomic E-state index is -0.874. The van der Waals surface area contributed by atoms with Crippen molar-refractivity contribution >= 4 is 6.08 Å². The van der Waals surface area contributed by atoms with Gasteiger partial charge in [-0.3, -0.25) is 0 Å². The molecule has 34 heavy (non-hydrogen) atoms. The highest BCUT2D eigenvalue weighted by atomic mass is 19.2. The van der Waals surface area contributed by atoms with Gasteiger partial charge in [-0.25, -0.2) is 13.2 Å². The minimum Gasteiger partial charge on any atom is -0.373 e. The van der Waals surface area contributed by atoms with Gasteiger partial charge in [0, 0.05) is 11.1 Å². The number of hydrogen-bond donors (Lipinski definition) is 0. The topological polar surface area (TPSA) is 21.8 Å². The number of hydrogen-bond acceptors (Lipinski definition) is 2. The molecular formula is C29H27F3O2. The lowest BCUT2D eigenvalue weighted by Crippen LogP contribution is -2.21. The maximum absolute atomic E-state index is 14.8. The molecule has 0 N–H and O–H groups in total. The van der Waals surface area contributed by atoms with Crippen LogP contribution in [-0.4, -0.2) is 12.7 Å². The molecule has 1 saturated heterocycles. The SMILES string of the molecule is C=Cc1ccc(-c2ccc(COC3CCC(c4ccc(C5CO5)cc4F)CC3)c(F)c2F)cc1. The van der Waals surface area contributed by atoms with Gasteiger partial charge in [-0.05, 0) is 59.9 Å². The van der Waals surface area contributed by atoms with Crippen molar-refractivity contribution in [2.24, 2.45) is 0 Å². The molecule has 0 bridgehead atoms. The molecule has 1 atom stereocenters. The molecule has 3 aromatic carbocycles. The molecule has 2 aliphatic rings. The van der Waals surface area contributed by atoms with Crippen molar-refractivity contribution in [2.75, 3.05) is 6.61 Å². The quantitative estimate of drug-likeness (QED) is 0.334. The van der Waals surface area contributed by atoms with Crippen molar-refractivity contribution in [2.45, 2.75) is 50.4 Å². The lowest BCUT2D eigenvalue weighted by molar-refractivity contribution is 0.0117. The van der Waals surface area contributed by atoms with Crippen molar-refractivity contribution in [1.29, 1.82) is 0 Å². The van der Waals surface area contributed by atoms with E-state index in [1.165, 1.54) is 0 Å². The van der Waals surface area contributed by atoms with Crippen molar-refractivity contribution in [3.8, 4) is 11.1 Å². The van der Waals surface area contributed by atoms with Gasteiger partial charge < -0.3 is 9.47 Å². The largest absolute Gasteiger partial charge is 0.373 e. The van der Waals surface area contributed by atoms with Gasteiger partial charge >= 0.3 is 0 Å². The maximum atomic E-state index is 14.8. The van der Waals surface area contributed by atoms with Crippen LogP contribution < -0.4 is 0 Å². The predicted molar refractivity (Wildman–Crippen MR) is 127 cm³/mol. The molecule has 1 aliphatic heterocycles. The fourth-order valence-corrected chi connectivity index (χ4v) is 4.79. The number of halogens is 3. The maximum Gasteiger partial charge on any atom is 0.167 e. The van der Waals surface area contributed by atoms with E-state index in [-0.39, 0.29) is 41.7 Å². The predicted octanol–water partition coefficient (Wildman–Crippen LogP) is 7.73. The molecule has 2 nitrogen and oxygen atoms in total. The first-order valence-corrected chi connectivity index (χ1v) is 11.8. The van der Waals surface area contributed by atoms with Gasteiger partial charge in [0.15, 0.2) is 11.6 Å². The van der Waals surface area contributed by atoms with E-state index in [9.17, 15) is 13.2 Å². The van der Waals surface area contributed by atoms with Crippen LogP contribution >= 0.6 is 0 Å². The second-order valence-corrected chi connectivity index (χ2v) is 9.11. The fourth-order valence-electron chi connectivity index (χ4n) is 4.79. The molecule has 176 valence electrons. The monoisotopic (exact) mass is 464 g/mol. The third-order valence-electron chi connectivity index (χ3n) is 6.94. The lowest BCUT2D eigenvalue weighted by atomic mass is 9.82. The highest BCUT2D eigenvalue weighted by Gasteiger charge is 2.28. The lowest BCUT2D eigenvalue weighted by Gasteiger charge is -2.29. The highest BCUT2D eigenvalue weighted by Crippen LogP contribution is 2.38. The Morgan fingerprint density at radius 1 is 0.912 bits per heavy atom. The van der Waals surface area contributed by atoms with Gasteiger partial charge in [0.1, 0.15) is 11.9 Å². The summed E-state index contributed by atoms with van der Waals surface area (Å²) in [7, 11) is 0. The Kier molecular flexibility index (Phi) is 6.57. The normalized spacial score (nSPS) is 21.9. The van der Waals surface area contributed by atoms with E-state index in [2.05, 4.69) is 6.58 Å². The number of rotatable bonds is 7. The standard InChI is InChI=1S/C29H27F3O2/c1-2-18-3-5-20(6-4-18)25-14-10-22(28(31)29(25)32)16-33-23-11-7-19(8-12-23)24-13-9-21(15-26(24)30)27-17-34-27/h2-6,9-10,13-15,19,23,27H,1,7-8,11-12,16-17H2. The van der Waals surface area contributed by atoms with Gasteiger partial charge in [-0.15, -0.1) is 0 Å². The summed E-state index contributed by atoms with van der Waals surface area (Å²) in [6.45, 7) is 4.38. The average molecular weight is 465 g/mol. The van der Waals surface area contributed by atoms with E-state index in [4.69, 9.17) is 9.47 Å². The van der Waals surface area contributed by atoms with E-state index in [0.717, 1.165) is 42.4 Å². The van der Waals surface area contributed by atoms with Crippen molar-refractivity contribution < 1.29 is 22.6 Å². The first-order chi connectivity index (χ1) is 16.5. The Hall–Kier alpha value is -2.89. The molecule has 5 rings (SSSR count). The van der Waals surface area contributed by atoms with Crippen LogP contribution in [0.1, 0.15) is 60.0 Å². The highest BCUT2D eigenvalue weighted by molar-refractivity contribution is 5.66. The summed E-state index contributed by atoms with van der Waals surface area (Å²) in [5.74, 6) is -1.77. The van der Waals surface area contributed by atoms with Crippen LogP contribution in [0, 0.1) is 17.5 Å². The molecule has 5 heteroatoms. The molecule has 2 fully saturated rings. The molecule has 0 amide bonds. The zero-order chi connectivity index (χ0) is 23.7. The van der Waals surface area contributed by atoms with Gasteiger partial charge in [-0.1, -0.05) is 61.2 Å². The first-order valence-electron chi connectivity index (χ1n) is 11.8. The fraction of sp³-hybridized carbons (Fsp3) is 0.310. The van der Waals surface area contributed by atoms with Crippen LogP contribution in [-0.2, 0) is 16.1 Å². The molecule has 0 radical (unpaired) electrons. The van der Waals surface area contributed by atoms with Crippen LogP contribution in [0.5, 0.6) is 0 Å². The molecule has 0 aromatic heterocycles. The van der Waals surface area contributed by atoms with Gasteiger partial charge in [0.2, 0.25) is 0 Å². The summed E-state index contributed by atoms with van der Waals surface area (Å²) in [6.07, 6.45) is 4.82. The zero-order valence-electron chi connectivity index (χ0n) is 18.9. The number of ether oxygens (including phenoxy) is 2. The molecule has 1 saturated carbocycles. The van der Waals surface area contributed by atoms with Gasteiger partial charge in [0.25, 0.3) is 0 Å². The van der Waals surface area contributed by atoms with Gasteiger partial charge in [0.05, 0.1) is 19.3 Å². The van der Waals surface area contributed by atoms with E-state index in [0.29, 0.717) is 12.2 Å². The third-order valence-corrected chi connectivity index (χ3v) is 6.94. The number of benzene rings is 3. The van der Waals surface area contributed by atoms with Crippen LogP contribution in [0.15, 0.2) is 61.2 Å². The van der Waals surface area contributed by atoms with Gasteiger partial charge in [-0.2, -0.15) is 0 Å². The van der Waals surface area contributed by atoms with E-state index in [1.54, 1.807) is 36.4 Å². The summed E-state index contributed by atoms with van der Waals surface area (Å²) in [5.41, 5.74) is 3.59. The Labute approximate surface area is 198 Å². The van der Waals surface area contributed by atoms with Crippen LogP contribution in [0.25, 0.3) is 17.2 Å². The Morgan fingerprint density at radius 3 is 2.29 bits per heavy atom. The molecule has 1 unspecified atom stereocenters. The van der Waals surface area contributed by atoms with Crippen LogP contribution in [0.3, 0.4) is 0 Å². The molecule has 3 aromatic rings. The minimum absolute atomic E-state index is 0.0121. The summed E-state index contributed by atoms with van der Waals surface area (Å²) in [6, 6.07) is 15.7. The Bertz CT molecular complexity index is 1180. The Morgan fingerprint density at radius 2 is 1.65 bits per heavy atom. The molecule has 0 spiro atoms. The summed E-state index contributed by atoms with van der Waals surface area (Å²) in [5, 5.41) is 0. The summed E-state index contributed by atoms with van der Waals surface area (Å²) >= 11 is 0. The summed E-state index contributed by atoms with van der Waals surface area (Å²) in [4.78, 5) is 0. The number of epoxide rings is 1. The van der Waals surface area contributed by atoms with Crippen LogP contribution in [0.4, 0.5) is 13.2 Å². The second kappa shape index (κ2) is 9.77. The van der Waals surface area contributed by atoms with Crippen LogP contribution in [0.2, 0.25) is 0 Å². The van der Waals surface area contributed by atoms with E-state index < -0.39 is 11.6 Å². The second-order valence-electron chi connectivity index (χ2n) is 9.11. The van der Waals surface area contributed by atoms with E-state index in [1.807, 2.05) is 24.3 Å². The first kappa shape index (κ1) is 22.9. The molecule has 1 aliphatic carbocycles. The average Bonchev–Trinajstić information content (AvgIpc) is 3.71. The molecule has 1 heterocycles. The van der Waals surface area contributed by atoms with Crippen molar-refractivity contribution in [3.05, 3.63) is 101 Å². The summed E-state index contributed by atoms with van der Waals surface area (Å²) < 4.78 is 55.3. The van der Waals surface area contributed by atoms with Crippen molar-refractivity contribution in [3.63, 3.8) is 0 Å². The Balaban J connectivity index is 1.18. The zero-order valence-corrected chi connectivity index (χ0v) is 18.9. The molecular weight excluding hydrogens is 437 g/mol. The third kappa shape index (κ3) is 4.82. The van der Waals surface area contributed by atoms with E-state index >= 15 is 0 Å².